The molecule has 3 nitrogen and oxygen atoms in total. The van der Waals surface area contributed by atoms with Crippen LogP contribution >= 0.6 is 0 Å². The highest BCUT2D eigenvalue weighted by Gasteiger charge is 2.33. The smallest absolute Gasteiger partial charge is 0.244 e. The molecule has 0 radical (unpaired) electrons. The van der Waals surface area contributed by atoms with E-state index in [1.807, 2.05) is 25.7 Å². The molecule has 0 fully saturated rings. The van der Waals surface area contributed by atoms with Crippen molar-refractivity contribution in [2.45, 2.75) is 46.6 Å². The Morgan fingerprint density at radius 1 is 1.37 bits per heavy atom. The Morgan fingerprint density at radius 3 is 2.68 bits per heavy atom. The SMILES string of the molecule is Cc1cccc2c1N(C(=O)C(N)C(C)(C)C)CCC2. The third-order valence-corrected chi connectivity index (χ3v) is 3.88. The molecule has 1 aliphatic heterocycles. The standard InChI is InChI=1S/C16H24N2O/c1-11-7-5-8-12-9-6-10-18(13(11)12)15(19)14(17)16(2,3)4/h5,7-8,14H,6,9-10,17H2,1-4H3. The normalized spacial score (nSPS) is 17.0. The maximum absolute atomic E-state index is 12.7. The number of rotatable bonds is 1. The van der Waals surface area contributed by atoms with Gasteiger partial charge in [-0.3, -0.25) is 4.79 Å². The molecule has 0 spiro atoms. The van der Waals surface area contributed by atoms with Crippen LogP contribution in [0.3, 0.4) is 0 Å². The summed E-state index contributed by atoms with van der Waals surface area (Å²) in [6.07, 6.45) is 2.06. The molecule has 0 saturated heterocycles. The fraction of sp³-hybridized carbons (Fsp3) is 0.562. The van der Waals surface area contributed by atoms with Crippen molar-refractivity contribution in [2.75, 3.05) is 11.4 Å². The first-order chi connectivity index (χ1) is 8.82. The Bertz CT molecular complexity index is 488. The van der Waals surface area contributed by atoms with Crippen LogP contribution in [0.25, 0.3) is 0 Å². The van der Waals surface area contributed by atoms with Crippen molar-refractivity contribution >= 4 is 11.6 Å². The molecule has 1 aromatic carbocycles. The molecular formula is C16H24N2O. The van der Waals surface area contributed by atoms with Gasteiger partial charge < -0.3 is 10.6 Å². The summed E-state index contributed by atoms with van der Waals surface area (Å²) in [6.45, 7) is 8.88. The summed E-state index contributed by atoms with van der Waals surface area (Å²) in [5.41, 5.74) is 9.44. The van der Waals surface area contributed by atoms with Crippen molar-refractivity contribution in [3.05, 3.63) is 29.3 Å². The van der Waals surface area contributed by atoms with Crippen molar-refractivity contribution < 1.29 is 4.79 Å². The molecule has 0 saturated carbocycles. The van der Waals surface area contributed by atoms with Crippen LogP contribution in [0.2, 0.25) is 0 Å². The van der Waals surface area contributed by atoms with Gasteiger partial charge in [0.25, 0.3) is 0 Å². The zero-order valence-corrected chi connectivity index (χ0v) is 12.4. The molecule has 19 heavy (non-hydrogen) atoms. The summed E-state index contributed by atoms with van der Waals surface area (Å²) in [5, 5.41) is 0. The van der Waals surface area contributed by atoms with E-state index in [1.54, 1.807) is 0 Å². The van der Waals surface area contributed by atoms with Crippen molar-refractivity contribution in [2.24, 2.45) is 11.1 Å². The number of hydrogen-bond donors (Lipinski definition) is 1. The Kier molecular flexibility index (Phi) is 3.68. The van der Waals surface area contributed by atoms with Gasteiger partial charge in [0, 0.05) is 12.2 Å². The number of nitrogens with two attached hydrogens (primary N) is 1. The second kappa shape index (κ2) is 4.97. The molecule has 2 N–H and O–H groups in total. The van der Waals surface area contributed by atoms with E-state index in [0.717, 1.165) is 30.6 Å². The minimum Gasteiger partial charge on any atom is -0.319 e. The Labute approximate surface area is 115 Å². The molecule has 1 heterocycles. The molecule has 1 aliphatic rings. The predicted octanol–water partition coefficient (Wildman–Crippen LogP) is 2.65. The van der Waals surface area contributed by atoms with Crippen molar-refractivity contribution in [1.29, 1.82) is 0 Å². The molecule has 104 valence electrons. The first-order valence-electron chi connectivity index (χ1n) is 6.98. The van der Waals surface area contributed by atoms with Crippen LogP contribution in [-0.2, 0) is 11.2 Å². The third-order valence-electron chi connectivity index (χ3n) is 3.88. The average Bonchev–Trinajstić information content (AvgIpc) is 2.35. The van der Waals surface area contributed by atoms with Crippen molar-refractivity contribution in [3.8, 4) is 0 Å². The molecule has 2 rings (SSSR count). The lowest BCUT2D eigenvalue weighted by Crippen LogP contribution is -2.52. The van der Waals surface area contributed by atoms with Crippen LogP contribution in [-0.4, -0.2) is 18.5 Å². The van der Waals surface area contributed by atoms with Gasteiger partial charge in [-0.15, -0.1) is 0 Å². The lowest BCUT2D eigenvalue weighted by Gasteiger charge is -2.36. The number of nitrogens with zero attached hydrogens (tertiary/aromatic N) is 1. The number of amides is 1. The topological polar surface area (TPSA) is 46.3 Å². The van der Waals surface area contributed by atoms with Gasteiger partial charge in [-0.2, -0.15) is 0 Å². The van der Waals surface area contributed by atoms with Gasteiger partial charge in [0.05, 0.1) is 6.04 Å². The number of carbonyl (C=O) groups is 1. The summed E-state index contributed by atoms with van der Waals surface area (Å²) >= 11 is 0. The first kappa shape index (κ1) is 14.1. The van der Waals surface area contributed by atoms with Gasteiger partial charge in [0.15, 0.2) is 0 Å². The minimum absolute atomic E-state index is 0.0442. The van der Waals surface area contributed by atoms with E-state index in [-0.39, 0.29) is 11.3 Å². The number of para-hydroxylation sites is 1. The summed E-state index contributed by atoms with van der Waals surface area (Å²) in [6, 6.07) is 5.78. The second-order valence-electron chi connectivity index (χ2n) is 6.52. The number of aryl methyl sites for hydroxylation is 2. The lowest BCUT2D eigenvalue weighted by atomic mass is 9.85. The van der Waals surface area contributed by atoms with Crippen molar-refractivity contribution in [1.82, 2.24) is 0 Å². The van der Waals surface area contributed by atoms with Crippen molar-refractivity contribution in [3.63, 3.8) is 0 Å². The highest BCUT2D eigenvalue weighted by molar-refractivity contribution is 5.99. The molecule has 0 aromatic heterocycles. The minimum atomic E-state index is -0.460. The number of carbonyl (C=O) groups excluding carboxylic acids is 1. The zero-order valence-electron chi connectivity index (χ0n) is 12.4. The molecule has 0 aliphatic carbocycles. The highest BCUT2D eigenvalue weighted by Crippen LogP contribution is 2.32. The molecule has 1 atom stereocenters. The van der Waals surface area contributed by atoms with Gasteiger partial charge in [0.1, 0.15) is 0 Å². The number of fused-ring (bicyclic) bond motifs is 1. The number of anilines is 1. The molecule has 3 heteroatoms. The molecule has 0 bridgehead atoms. The Balaban J connectivity index is 2.37. The van der Waals surface area contributed by atoms with E-state index >= 15 is 0 Å². The Hall–Kier alpha value is -1.35. The van der Waals surface area contributed by atoms with E-state index in [1.165, 1.54) is 5.56 Å². The summed E-state index contributed by atoms with van der Waals surface area (Å²) in [4.78, 5) is 14.6. The maximum Gasteiger partial charge on any atom is 0.244 e. The first-order valence-corrected chi connectivity index (χ1v) is 6.98. The number of hydrogen-bond acceptors (Lipinski definition) is 2. The van der Waals surface area contributed by atoms with Crippen LogP contribution in [0.1, 0.15) is 38.3 Å². The largest absolute Gasteiger partial charge is 0.319 e. The summed E-state index contributed by atoms with van der Waals surface area (Å²) in [7, 11) is 0. The quantitative estimate of drug-likeness (QED) is 0.843. The second-order valence-corrected chi connectivity index (χ2v) is 6.52. The van der Waals surface area contributed by atoms with Gasteiger partial charge in [-0.1, -0.05) is 39.0 Å². The van der Waals surface area contributed by atoms with Gasteiger partial charge in [-0.25, -0.2) is 0 Å². The molecule has 1 amide bonds. The molecule has 1 aromatic rings. The van der Waals surface area contributed by atoms with Gasteiger partial charge >= 0.3 is 0 Å². The van der Waals surface area contributed by atoms with Crippen LogP contribution in [0.4, 0.5) is 5.69 Å². The van der Waals surface area contributed by atoms with Crippen LogP contribution in [0.5, 0.6) is 0 Å². The van der Waals surface area contributed by atoms with Gasteiger partial charge in [-0.05, 0) is 36.3 Å². The maximum atomic E-state index is 12.7. The van der Waals surface area contributed by atoms with E-state index in [9.17, 15) is 4.79 Å². The fourth-order valence-electron chi connectivity index (χ4n) is 2.61. The Morgan fingerprint density at radius 2 is 2.05 bits per heavy atom. The van der Waals surface area contributed by atoms with Crippen LogP contribution in [0.15, 0.2) is 18.2 Å². The van der Waals surface area contributed by atoms with E-state index < -0.39 is 6.04 Å². The summed E-state index contributed by atoms with van der Waals surface area (Å²) < 4.78 is 0. The fourth-order valence-corrected chi connectivity index (χ4v) is 2.61. The van der Waals surface area contributed by atoms with E-state index in [4.69, 9.17) is 5.73 Å². The van der Waals surface area contributed by atoms with E-state index in [0.29, 0.717) is 0 Å². The molecule has 1 unspecified atom stereocenters. The van der Waals surface area contributed by atoms with E-state index in [2.05, 4.69) is 25.1 Å². The highest BCUT2D eigenvalue weighted by atomic mass is 16.2. The monoisotopic (exact) mass is 260 g/mol. The summed E-state index contributed by atoms with van der Waals surface area (Å²) in [5.74, 6) is 0.0442. The zero-order chi connectivity index (χ0) is 14.2. The molecular weight excluding hydrogens is 236 g/mol. The predicted molar refractivity (Wildman–Crippen MR) is 79.3 cm³/mol. The number of benzene rings is 1. The van der Waals surface area contributed by atoms with Crippen LogP contribution in [0, 0.1) is 12.3 Å². The van der Waals surface area contributed by atoms with Gasteiger partial charge in [0.2, 0.25) is 5.91 Å². The lowest BCUT2D eigenvalue weighted by molar-refractivity contribution is -0.122. The average molecular weight is 260 g/mol. The third kappa shape index (κ3) is 2.66. The van der Waals surface area contributed by atoms with Crippen LogP contribution < -0.4 is 10.6 Å².